The lowest BCUT2D eigenvalue weighted by atomic mass is 9.90. The number of aromatic nitrogens is 3. The van der Waals surface area contributed by atoms with Crippen LogP contribution in [0.1, 0.15) is 27.7 Å². The summed E-state index contributed by atoms with van der Waals surface area (Å²) in [6.45, 7) is 7.19. The number of carbonyl (C=O) groups excluding carboxylic acids is 1. The second kappa shape index (κ2) is 7.87. The monoisotopic (exact) mass is 375 g/mol. The van der Waals surface area contributed by atoms with Gasteiger partial charge in [0.25, 0.3) is 0 Å². The first-order valence-corrected chi connectivity index (χ1v) is 9.11. The molecule has 0 radical (unpaired) electrons. The molecule has 26 heavy (non-hydrogen) atoms. The Balaban J connectivity index is 2.16. The molecule has 0 fully saturated rings. The van der Waals surface area contributed by atoms with Crippen molar-refractivity contribution in [3.63, 3.8) is 0 Å². The van der Waals surface area contributed by atoms with E-state index >= 15 is 0 Å². The number of nitriles is 1. The van der Waals surface area contributed by atoms with Crippen LogP contribution in [0.2, 0.25) is 0 Å². The molecule has 6 nitrogen and oxygen atoms in total. The van der Waals surface area contributed by atoms with Crippen molar-refractivity contribution in [2.24, 2.45) is 13.0 Å². The van der Waals surface area contributed by atoms with Gasteiger partial charge < -0.3 is 9.88 Å². The molecule has 1 amide bonds. The number of hydrogen-bond acceptors (Lipinski definition) is 5. The summed E-state index contributed by atoms with van der Waals surface area (Å²) in [4.78, 5) is 12.5. The Bertz CT molecular complexity index is 844. The van der Waals surface area contributed by atoms with E-state index in [9.17, 15) is 14.4 Å². The first-order valence-electron chi connectivity index (χ1n) is 8.23. The van der Waals surface area contributed by atoms with Crippen molar-refractivity contribution in [3.8, 4) is 17.5 Å². The van der Waals surface area contributed by atoms with Crippen molar-refractivity contribution in [2.75, 3.05) is 0 Å². The molecule has 0 saturated carbocycles. The summed E-state index contributed by atoms with van der Waals surface area (Å²) in [5.74, 6) is -0.284. The van der Waals surface area contributed by atoms with Crippen LogP contribution in [0, 0.1) is 23.1 Å². The second-order valence-corrected chi connectivity index (χ2v) is 7.87. The number of nitrogens with one attached hydrogen (secondary N) is 1. The number of halogens is 1. The molecule has 1 aromatic carbocycles. The van der Waals surface area contributed by atoms with Crippen LogP contribution in [0.15, 0.2) is 29.4 Å². The van der Waals surface area contributed by atoms with Gasteiger partial charge in [-0.15, -0.1) is 10.2 Å². The van der Waals surface area contributed by atoms with E-state index < -0.39 is 10.8 Å². The Hall–Kier alpha value is -2.40. The largest absolute Gasteiger partial charge is 0.337 e. The Labute approximate surface area is 156 Å². The quantitative estimate of drug-likeness (QED) is 0.784. The number of rotatable bonds is 6. The maximum absolute atomic E-state index is 14.0. The number of benzene rings is 1. The molecule has 0 aliphatic heterocycles. The zero-order chi connectivity index (χ0) is 19.5. The third kappa shape index (κ3) is 4.05. The van der Waals surface area contributed by atoms with E-state index in [1.54, 1.807) is 43.7 Å². The highest BCUT2D eigenvalue weighted by molar-refractivity contribution is 8.00. The SMILES string of the molecule is CC(C)[C@](C)(C#N)NC(=O)[C@@H](C)Sc1nnc(-c2ccccc2F)n1C. The van der Waals surface area contributed by atoms with Crippen LogP contribution < -0.4 is 5.32 Å². The van der Waals surface area contributed by atoms with Crippen LogP contribution in [0.5, 0.6) is 0 Å². The fourth-order valence-electron chi connectivity index (χ4n) is 2.17. The normalized spacial score (nSPS) is 14.5. The standard InChI is InChI=1S/C18H22FN5OS/c1-11(2)18(4,10-20)21-16(25)12(3)26-17-23-22-15(24(17)5)13-8-6-7-9-14(13)19/h6-9,11-12H,1-5H3,(H,21,25)/t12-,18+/m1/s1. The van der Waals surface area contributed by atoms with Gasteiger partial charge in [0, 0.05) is 7.05 Å². The lowest BCUT2D eigenvalue weighted by Gasteiger charge is -2.28. The van der Waals surface area contributed by atoms with E-state index in [2.05, 4.69) is 21.6 Å². The Morgan fingerprint density at radius 1 is 1.35 bits per heavy atom. The zero-order valence-electron chi connectivity index (χ0n) is 15.4. The molecule has 0 saturated heterocycles. The van der Waals surface area contributed by atoms with Crippen molar-refractivity contribution >= 4 is 17.7 Å². The van der Waals surface area contributed by atoms with Crippen molar-refractivity contribution < 1.29 is 9.18 Å². The second-order valence-electron chi connectivity index (χ2n) is 6.56. The Kier molecular flexibility index (Phi) is 6.03. The van der Waals surface area contributed by atoms with Crippen LogP contribution in [0.3, 0.4) is 0 Å². The van der Waals surface area contributed by atoms with Gasteiger partial charge in [-0.25, -0.2) is 4.39 Å². The summed E-state index contributed by atoms with van der Waals surface area (Å²) in [5, 5.41) is 20.3. The molecule has 2 rings (SSSR count). The molecule has 1 heterocycles. The minimum Gasteiger partial charge on any atom is -0.337 e. The Morgan fingerprint density at radius 2 is 2.00 bits per heavy atom. The van der Waals surface area contributed by atoms with Crippen LogP contribution in [0.4, 0.5) is 4.39 Å². The van der Waals surface area contributed by atoms with Crippen LogP contribution in [0.25, 0.3) is 11.4 Å². The summed E-state index contributed by atoms with van der Waals surface area (Å²) in [6, 6.07) is 8.48. The fraction of sp³-hybridized carbons (Fsp3) is 0.444. The zero-order valence-corrected chi connectivity index (χ0v) is 16.3. The lowest BCUT2D eigenvalue weighted by Crippen LogP contribution is -2.51. The van der Waals surface area contributed by atoms with E-state index in [0.29, 0.717) is 16.5 Å². The maximum atomic E-state index is 14.0. The van der Waals surface area contributed by atoms with E-state index in [-0.39, 0.29) is 17.6 Å². The average Bonchev–Trinajstić information content (AvgIpc) is 2.95. The fourth-order valence-corrected chi connectivity index (χ4v) is 2.98. The van der Waals surface area contributed by atoms with Gasteiger partial charge in [-0.1, -0.05) is 37.7 Å². The Morgan fingerprint density at radius 3 is 2.58 bits per heavy atom. The lowest BCUT2D eigenvalue weighted by molar-refractivity contribution is -0.121. The van der Waals surface area contributed by atoms with Crippen molar-refractivity contribution in [1.29, 1.82) is 5.26 Å². The van der Waals surface area contributed by atoms with Gasteiger partial charge in [-0.2, -0.15) is 5.26 Å². The van der Waals surface area contributed by atoms with Crippen LogP contribution in [-0.4, -0.2) is 31.5 Å². The molecular weight excluding hydrogens is 353 g/mol. The number of nitrogens with zero attached hydrogens (tertiary/aromatic N) is 4. The number of amides is 1. The summed E-state index contributed by atoms with van der Waals surface area (Å²) in [7, 11) is 1.72. The third-order valence-electron chi connectivity index (χ3n) is 4.37. The molecule has 0 unspecified atom stereocenters. The highest BCUT2D eigenvalue weighted by atomic mass is 32.2. The molecule has 138 valence electrons. The first-order chi connectivity index (χ1) is 12.2. The molecule has 0 bridgehead atoms. The molecule has 0 aliphatic carbocycles. The van der Waals surface area contributed by atoms with E-state index in [0.717, 1.165) is 0 Å². The molecule has 1 aromatic heterocycles. The molecular formula is C18H22FN5OS. The van der Waals surface area contributed by atoms with Crippen molar-refractivity contribution in [1.82, 2.24) is 20.1 Å². The van der Waals surface area contributed by atoms with E-state index in [1.807, 2.05) is 13.8 Å². The molecule has 8 heteroatoms. The highest BCUT2D eigenvalue weighted by Gasteiger charge is 2.32. The van der Waals surface area contributed by atoms with Gasteiger partial charge in [-0.05, 0) is 31.9 Å². The molecule has 0 spiro atoms. The summed E-state index contributed by atoms with van der Waals surface area (Å²) >= 11 is 1.21. The highest BCUT2D eigenvalue weighted by Crippen LogP contribution is 2.27. The minimum atomic E-state index is -0.940. The summed E-state index contributed by atoms with van der Waals surface area (Å²) in [6.07, 6.45) is 0. The predicted molar refractivity (Wildman–Crippen MR) is 98.7 cm³/mol. The van der Waals surface area contributed by atoms with Crippen LogP contribution in [-0.2, 0) is 11.8 Å². The molecule has 2 atom stereocenters. The van der Waals surface area contributed by atoms with E-state index in [1.165, 1.54) is 17.8 Å². The van der Waals surface area contributed by atoms with E-state index in [4.69, 9.17) is 0 Å². The smallest absolute Gasteiger partial charge is 0.234 e. The van der Waals surface area contributed by atoms with Gasteiger partial charge in [0.15, 0.2) is 11.0 Å². The summed E-state index contributed by atoms with van der Waals surface area (Å²) < 4.78 is 15.6. The van der Waals surface area contributed by atoms with Crippen LogP contribution >= 0.6 is 11.8 Å². The number of thioether (sulfide) groups is 1. The van der Waals surface area contributed by atoms with Gasteiger partial charge in [0.2, 0.25) is 5.91 Å². The molecule has 0 aliphatic rings. The molecule has 2 aromatic rings. The predicted octanol–water partition coefficient (Wildman–Crippen LogP) is 3.16. The summed E-state index contributed by atoms with van der Waals surface area (Å²) in [5.41, 5.74) is -0.590. The number of hydrogen-bond donors (Lipinski definition) is 1. The third-order valence-corrected chi connectivity index (χ3v) is 5.50. The topological polar surface area (TPSA) is 83.6 Å². The van der Waals surface area contributed by atoms with Gasteiger partial charge in [0.1, 0.15) is 11.4 Å². The maximum Gasteiger partial charge on any atom is 0.234 e. The molecule has 1 N–H and O–H groups in total. The average molecular weight is 375 g/mol. The van der Waals surface area contributed by atoms with Crippen molar-refractivity contribution in [3.05, 3.63) is 30.1 Å². The van der Waals surface area contributed by atoms with Gasteiger partial charge in [0.05, 0.1) is 16.9 Å². The first kappa shape index (κ1) is 19.9. The minimum absolute atomic E-state index is 0.0314. The van der Waals surface area contributed by atoms with Gasteiger partial charge in [-0.3, -0.25) is 4.79 Å². The van der Waals surface area contributed by atoms with Crippen molar-refractivity contribution in [2.45, 2.75) is 43.6 Å². The van der Waals surface area contributed by atoms with Gasteiger partial charge >= 0.3 is 0 Å². The number of carbonyl (C=O) groups is 1.